The maximum Gasteiger partial charge on any atom is 0.203 e. The van der Waals surface area contributed by atoms with Gasteiger partial charge in [0.05, 0.1) is 17.2 Å². The summed E-state index contributed by atoms with van der Waals surface area (Å²) in [4.78, 5) is 54.8. The van der Waals surface area contributed by atoms with Gasteiger partial charge in [-0.05, 0) is 51.8 Å². The third kappa shape index (κ3) is 5.32. The molecule has 9 heteroatoms. The largest absolute Gasteiger partial charge is 0.508 e. The summed E-state index contributed by atoms with van der Waals surface area (Å²) < 4.78 is 0. The molecule has 5 N–H and O–H groups in total. The third-order valence-electron chi connectivity index (χ3n) is 12.4. The van der Waals surface area contributed by atoms with Crippen molar-refractivity contribution in [2.75, 3.05) is 0 Å². The molecule has 52 heavy (non-hydrogen) atoms. The molecule has 2 aromatic rings. The van der Waals surface area contributed by atoms with Crippen LogP contribution in [0.25, 0.3) is 5.76 Å². The molecule has 0 aromatic heterocycles. The van der Waals surface area contributed by atoms with E-state index in [0.717, 1.165) is 23.6 Å². The number of carbonyl (C=O) groups is 4. The van der Waals surface area contributed by atoms with Gasteiger partial charge in [0.2, 0.25) is 5.78 Å². The SMILES string of the molecule is CC(=O)C1=C(O)[C@]2(O)C(=O)C3=C(O)c4c(ccc(CC(=O)Cc5cc(C(C)(C)C)cc(C(C)(C)C)c5)c4O)[C@@H](C)[C@]3(C)[C@@H](O)[C@]2(C)C(C(C)C)C1=O. The Morgan fingerprint density at radius 3 is 1.90 bits per heavy atom. The van der Waals surface area contributed by atoms with Gasteiger partial charge in [0.1, 0.15) is 28.6 Å². The van der Waals surface area contributed by atoms with E-state index in [0.29, 0.717) is 5.56 Å². The number of Topliss-reactive ketones (excluding diaryl/α,β-unsaturated/α-hetero) is 4. The number of rotatable bonds is 6. The number of aliphatic hydroxyl groups excluding tert-OH is 3. The van der Waals surface area contributed by atoms with Crippen molar-refractivity contribution in [1.82, 2.24) is 0 Å². The van der Waals surface area contributed by atoms with E-state index in [4.69, 9.17) is 0 Å². The van der Waals surface area contributed by atoms with Crippen LogP contribution < -0.4 is 0 Å². The van der Waals surface area contributed by atoms with Crippen molar-refractivity contribution in [1.29, 1.82) is 0 Å². The fraction of sp³-hybridized carbons (Fsp3) is 0.535. The summed E-state index contributed by atoms with van der Waals surface area (Å²) in [6.45, 7) is 21.7. The minimum Gasteiger partial charge on any atom is -0.508 e. The molecule has 1 fully saturated rings. The van der Waals surface area contributed by atoms with Crippen molar-refractivity contribution < 1.29 is 44.7 Å². The molecule has 0 spiro atoms. The van der Waals surface area contributed by atoms with Crippen molar-refractivity contribution in [3.63, 3.8) is 0 Å². The quantitative estimate of drug-likeness (QED) is 0.205. The van der Waals surface area contributed by atoms with Crippen molar-refractivity contribution >= 4 is 28.9 Å². The minimum absolute atomic E-state index is 0.0984. The first-order valence-corrected chi connectivity index (χ1v) is 18.1. The number of ketones is 4. The Hall–Kier alpha value is -4.08. The van der Waals surface area contributed by atoms with E-state index in [1.165, 1.54) is 6.92 Å². The van der Waals surface area contributed by atoms with Crippen LogP contribution in [0.1, 0.15) is 122 Å². The highest BCUT2D eigenvalue weighted by atomic mass is 16.4. The molecule has 1 saturated carbocycles. The first-order valence-electron chi connectivity index (χ1n) is 18.1. The summed E-state index contributed by atoms with van der Waals surface area (Å²) in [5.41, 5.74) is -4.55. The van der Waals surface area contributed by atoms with Gasteiger partial charge in [-0.3, -0.25) is 19.2 Å². The van der Waals surface area contributed by atoms with Crippen LogP contribution in [0, 0.1) is 22.7 Å². The standard InChI is InChI=1S/C43H54O9/c1-20(2)31-34(47)29(22(4)44)36(49)43(52)37(50)32-35(48)30-28(21(3)41(32,11)38(51)42(31,43)12)14-13-24(33(30)46)18-27(45)17-23-15-25(39(5,6)7)19-26(16-23)40(8,9)10/h13-16,19-21,31,38,46,48-49,51-52H,17-18H2,1-12H3/t21-,31?,38-,41+,42+,43+/m1/s1. The molecule has 9 nitrogen and oxygen atoms in total. The fourth-order valence-electron chi connectivity index (χ4n) is 9.28. The lowest BCUT2D eigenvalue weighted by molar-refractivity contribution is -0.215. The second-order valence-electron chi connectivity index (χ2n) is 18.2. The Labute approximate surface area is 306 Å². The van der Waals surface area contributed by atoms with Crippen molar-refractivity contribution in [2.45, 2.75) is 124 Å². The molecule has 0 bridgehead atoms. The van der Waals surface area contributed by atoms with Gasteiger partial charge in [0, 0.05) is 35.2 Å². The Morgan fingerprint density at radius 1 is 0.885 bits per heavy atom. The second kappa shape index (κ2) is 12.2. The van der Waals surface area contributed by atoms with Gasteiger partial charge in [-0.25, -0.2) is 0 Å². The zero-order valence-corrected chi connectivity index (χ0v) is 32.5. The lowest BCUT2D eigenvalue weighted by Crippen LogP contribution is -2.75. The zero-order chi connectivity index (χ0) is 39.4. The van der Waals surface area contributed by atoms with Gasteiger partial charge < -0.3 is 25.5 Å². The van der Waals surface area contributed by atoms with E-state index >= 15 is 0 Å². The van der Waals surface area contributed by atoms with Crippen LogP contribution in [-0.4, -0.2) is 60.4 Å². The summed E-state index contributed by atoms with van der Waals surface area (Å²) in [6.07, 6.45) is -1.79. The number of aliphatic hydroxyl groups is 4. The Kier molecular flexibility index (Phi) is 9.21. The minimum atomic E-state index is -2.97. The number of carbonyl (C=O) groups excluding carboxylic acids is 4. The van der Waals surface area contributed by atoms with E-state index in [1.807, 2.05) is 12.1 Å². The van der Waals surface area contributed by atoms with Gasteiger partial charge in [-0.1, -0.05) is 106 Å². The predicted molar refractivity (Wildman–Crippen MR) is 198 cm³/mol. The van der Waals surface area contributed by atoms with Gasteiger partial charge in [0.25, 0.3) is 0 Å². The molecule has 6 atom stereocenters. The summed E-state index contributed by atoms with van der Waals surface area (Å²) in [5.74, 6) is -7.92. The van der Waals surface area contributed by atoms with Gasteiger partial charge in [-0.2, -0.15) is 0 Å². The monoisotopic (exact) mass is 714 g/mol. The summed E-state index contributed by atoms with van der Waals surface area (Å²) >= 11 is 0. The number of hydrogen-bond donors (Lipinski definition) is 5. The van der Waals surface area contributed by atoms with Crippen molar-refractivity contribution in [2.24, 2.45) is 22.7 Å². The molecule has 0 amide bonds. The van der Waals surface area contributed by atoms with Gasteiger partial charge in [0.15, 0.2) is 17.2 Å². The molecule has 1 unspecified atom stereocenters. The van der Waals surface area contributed by atoms with Crippen LogP contribution in [0.2, 0.25) is 0 Å². The Morgan fingerprint density at radius 2 is 1.42 bits per heavy atom. The maximum atomic E-state index is 14.7. The fourth-order valence-corrected chi connectivity index (χ4v) is 9.28. The van der Waals surface area contributed by atoms with Crippen LogP contribution in [0.3, 0.4) is 0 Å². The number of hydrogen-bond acceptors (Lipinski definition) is 9. The van der Waals surface area contributed by atoms with Crippen LogP contribution in [0.15, 0.2) is 47.2 Å². The predicted octanol–water partition coefficient (Wildman–Crippen LogP) is 6.67. The number of benzene rings is 2. The first kappa shape index (κ1) is 39.1. The Balaban J connectivity index is 1.63. The summed E-state index contributed by atoms with van der Waals surface area (Å²) in [5, 5.41) is 59.8. The summed E-state index contributed by atoms with van der Waals surface area (Å²) in [7, 11) is 0. The smallest absolute Gasteiger partial charge is 0.203 e. The molecular formula is C43H54O9. The van der Waals surface area contributed by atoms with Crippen LogP contribution in [-0.2, 0) is 42.8 Å². The second-order valence-corrected chi connectivity index (χ2v) is 18.2. The normalized spacial score (nSPS) is 29.2. The van der Waals surface area contributed by atoms with E-state index in [9.17, 15) is 44.7 Å². The average Bonchev–Trinajstić information content (AvgIpc) is 3.01. The molecule has 0 radical (unpaired) electrons. The molecule has 2 aromatic carbocycles. The van der Waals surface area contributed by atoms with Crippen molar-refractivity contribution in [3.05, 3.63) is 80.6 Å². The molecule has 3 aliphatic rings. The van der Waals surface area contributed by atoms with Gasteiger partial charge >= 0.3 is 0 Å². The lowest BCUT2D eigenvalue weighted by atomic mass is 9.40. The van der Waals surface area contributed by atoms with Crippen LogP contribution >= 0.6 is 0 Å². The van der Waals surface area contributed by atoms with E-state index in [-0.39, 0.29) is 40.6 Å². The highest BCUT2D eigenvalue weighted by Gasteiger charge is 2.77. The van der Waals surface area contributed by atoms with E-state index in [2.05, 4.69) is 47.6 Å². The highest BCUT2D eigenvalue weighted by molar-refractivity contribution is 6.24. The number of fused-ring (bicyclic) bond motifs is 3. The number of aromatic hydroxyl groups is 1. The van der Waals surface area contributed by atoms with Crippen molar-refractivity contribution in [3.8, 4) is 5.75 Å². The maximum absolute atomic E-state index is 14.7. The molecule has 0 saturated heterocycles. The van der Waals surface area contributed by atoms with E-state index in [1.54, 1.807) is 39.8 Å². The topological polar surface area (TPSA) is 169 Å². The van der Waals surface area contributed by atoms with E-state index < -0.39 is 86.1 Å². The molecule has 3 aliphatic carbocycles. The van der Waals surface area contributed by atoms with Crippen LogP contribution in [0.4, 0.5) is 0 Å². The highest BCUT2D eigenvalue weighted by Crippen LogP contribution is 2.67. The van der Waals surface area contributed by atoms with Crippen LogP contribution in [0.5, 0.6) is 5.75 Å². The molecule has 0 aliphatic heterocycles. The zero-order valence-electron chi connectivity index (χ0n) is 32.5. The number of phenols is 1. The molecule has 0 heterocycles. The lowest BCUT2D eigenvalue weighted by Gasteiger charge is -2.63. The Bertz CT molecular complexity index is 1950. The number of allylic oxidation sites excluding steroid dienone is 1. The molecule has 280 valence electrons. The summed E-state index contributed by atoms with van der Waals surface area (Å²) in [6, 6.07) is 9.47. The third-order valence-corrected chi connectivity index (χ3v) is 12.4. The first-order chi connectivity index (χ1) is 23.7. The van der Waals surface area contributed by atoms with Gasteiger partial charge in [-0.15, -0.1) is 0 Å². The molecule has 5 rings (SSSR count). The average molecular weight is 715 g/mol. The number of phenolic OH excluding ortho intramolecular Hbond substituents is 1. The molecular weight excluding hydrogens is 660 g/mol.